The van der Waals surface area contributed by atoms with Crippen LogP contribution in [0.15, 0.2) is 37.4 Å². The minimum atomic E-state index is -0.844. The minimum Gasteiger partial charge on any atom is -0.478 e. The lowest BCUT2D eigenvalue weighted by Crippen LogP contribution is -2.07. The van der Waals surface area contributed by atoms with Crippen molar-refractivity contribution in [2.45, 2.75) is 0 Å². The highest BCUT2D eigenvalue weighted by molar-refractivity contribution is 6.26. The topological polar surface area (TPSA) is 37.3 Å². The summed E-state index contributed by atoms with van der Waals surface area (Å²) in [5.74, 6) is -0.844. The van der Waals surface area contributed by atoms with Crippen molar-refractivity contribution in [3.63, 3.8) is 0 Å². The molecule has 0 amide bonds. The second-order valence-electron chi connectivity index (χ2n) is 2.45. The SMILES string of the molecule is C=C.O=C(O)C1=Cc2ccccc21. The van der Waals surface area contributed by atoms with Crippen LogP contribution in [0.1, 0.15) is 11.1 Å². The molecule has 1 aliphatic rings. The maximum absolute atomic E-state index is 10.5. The number of fused-ring (bicyclic) bond motifs is 1. The molecule has 1 aromatic carbocycles. The molecule has 0 atom stereocenters. The van der Waals surface area contributed by atoms with Gasteiger partial charge in [-0.25, -0.2) is 4.79 Å². The number of hydrogen-bond donors (Lipinski definition) is 1. The summed E-state index contributed by atoms with van der Waals surface area (Å²) in [7, 11) is 0. The van der Waals surface area contributed by atoms with Crippen molar-refractivity contribution < 1.29 is 9.90 Å². The van der Waals surface area contributed by atoms with E-state index in [0.29, 0.717) is 5.57 Å². The molecule has 0 saturated carbocycles. The zero-order chi connectivity index (χ0) is 9.84. The van der Waals surface area contributed by atoms with Gasteiger partial charge in [-0.05, 0) is 17.2 Å². The molecule has 1 aromatic rings. The van der Waals surface area contributed by atoms with Crippen molar-refractivity contribution in [2.24, 2.45) is 0 Å². The van der Waals surface area contributed by atoms with Crippen molar-refractivity contribution in [1.29, 1.82) is 0 Å². The number of aliphatic carboxylic acids is 1. The van der Waals surface area contributed by atoms with Gasteiger partial charge in [-0.15, -0.1) is 13.2 Å². The lowest BCUT2D eigenvalue weighted by molar-refractivity contribution is -0.130. The second-order valence-corrected chi connectivity index (χ2v) is 2.45. The Balaban J connectivity index is 0.000000396. The normalized spacial score (nSPS) is 11.2. The fourth-order valence-electron chi connectivity index (χ4n) is 1.20. The number of carboxylic acid groups (broad SMARTS) is 1. The van der Waals surface area contributed by atoms with Crippen LogP contribution in [0.2, 0.25) is 0 Å². The molecular formula is C11H10O2. The summed E-state index contributed by atoms with van der Waals surface area (Å²) in [6.45, 7) is 6.00. The molecule has 0 heterocycles. The molecule has 1 N–H and O–H groups in total. The molecule has 2 nitrogen and oxygen atoms in total. The van der Waals surface area contributed by atoms with E-state index >= 15 is 0 Å². The Morgan fingerprint density at radius 2 is 1.85 bits per heavy atom. The van der Waals surface area contributed by atoms with Crippen LogP contribution in [-0.2, 0) is 4.79 Å². The highest BCUT2D eigenvalue weighted by Gasteiger charge is 2.20. The molecule has 0 radical (unpaired) electrons. The maximum Gasteiger partial charge on any atom is 0.336 e. The Kier molecular flexibility index (Phi) is 2.65. The Morgan fingerprint density at radius 1 is 1.23 bits per heavy atom. The molecule has 0 bridgehead atoms. The molecule has 0 unspecified atom stereocenters. The van der Waals surface area contributed by atoms with Crippen molar-refractivity contribution in [3.8, 4) is 0 Å². The quantitative estimate of drug-likeness (QED) is 0.664. The van der Waals surface area contributed by atoms with E-state index in [2.05, 4.69) is 13.2 Å². The third-order valence-electron chi connectivity index (χ3n) is 1.78. The first-order chi connectivity index (χ1) is 6.29. The van der Waals surface area contributed by atoms with Crippen LogP contribution in [0.3, 0.4) is 0 Å². The van der Waals surface area contributed by atoms with Gasteiger partial charge in [-0.1, -0.05) is 24.3 Å². The monoisotopic (exact) mass is 174 g/mol. The molecule has 1 aliphatic carbocycles. The highest BCUT2D eigenvalue weighted by Crippen LogP contribution is 2.31. The van der Waals surface area contributed by atoms with Crippen LogP contribution >= 0.6 is 0 Å². The van der Waals surface area contributed by atoms with Crippen molar-refractivity contribution in [2.75, 3.05) is 0 Å². The smallest absolute Gasteiger partial charge is 0.336 e. The minimum absolute atomic E-state index is 0.417. The van der Waals surface area contributed by atoms with E-state index in [1.165, 1.54) is 0 Å². The standard InChI is InChI=1S/C9H6O2.C2H4/c10-9(11)8-5-6-3-1-2-4-7(6)8;1-2/h1-5H,(H,10,11);1-2H2. The summed E-state index contributed by atoms with van der Waals surface area (Å²) in [5.41, 5.74) is 2.28. The first kappa shape index (κ1) is 9.26. The van der Waals surface area contributed by atoms with Crippen LogP contribution in [0, 0.1) is 0 Å². The Bertz CT molecular complexity index is 364. The van der Waals surface area contributed by atoms with Gasteiger partial charge in [-0.3, -0.25) is 0 Å². The van der Waals surface area contributed by atoms with Crippen LogP contribution in [0.4, 0.5) is 0 Å². The van der Waals surface area contributed by atoms with Gasteiger partial charge in [0.2, 0.25) is 0 Å². The molecule has 0 saturated heterocycles. The molecule has 0 aliphatic heterocycles. The molecule has 2 heteroatoms. The predicted octanol–water partition coefficient (Wildman–Crippen LogP) is 2.43. The van der Waals surface area contributed by atoms with Crippen molar-refractivity contribution >= 4 is 17.6 Å². The van der Waals surface area contributed by atoms with Gasteiger partial charge in [0, 0.05) is 0 Å². The van der Waals surface area contributed by atoms with Gasteiger partial charge in [0.1, 0.15) is 0 Å². The summed E-state index contributed by atoms with van der Waals surface area (Å²) in [6, 6.07) is 7.46. The number of hydrogen-bond acceptors (Lipinski definition) is 1. The third kappa shape index (κ3) is 1.51. The van der Waals surface area contributed by atoms with Crippen LogP contribution in [0.5, 0.6) is 0 Å². The second kappa shape index (κ2) is 3.72. The molecular weight excluding hydrogens is 164 g/mol. The molecule has 0 spiro atoms. The number of carboxylic acids is 1. The lowest BCUT2D eigenvalue weighted by Gasteiger charge is -2.15. The number of carbonyl (C=O) groups is 1. The molecule has 0 fully saturated rings. The predicted molar refractivity (Wildman–Crippen MR) is 53.2 cm³/mol. The zero-order valence-corrected chi connectivity index (χ0v) is 7.16. The fourth-order valence-corrected chi connectivity index (χ4v) is 1.20. The van der Waals surface area contributed by atoms with E-state index in [-0.39, 0.29) is 0 Å². The van der Waals surface area contributed by atoms with Crippen molar-refractivity contribution in [3.05, 3.63) is 48.6 Å². The first-order valence-electron chi connectivity index (χ1n) is 3.83. The Morgan fingerprint density at radius 3 is 2.38 bits per heavy atom. The van der Waals surface area contributed by atoms with Crippen LogP contribution in [-0.4, -0.2) is 11.1 Å². The fraction of sp³-hybridized carbons (Fsp3) is 0. The molecule has 13 heavy (non-hydrogen) atoms. The van der Waals surface area contributed by atoms with Gasteiger partial charge in [0.15, 0.2) is 0 Å². The summed E-state index contributed by atoms with van der Waals surface area (Å²) in [5, 5.41) is 8.61. The van der Waals surface area contributed by atoms with Gasteiger partial charge < -0.3 is 5.11 Å². The summed E-state index contributed by atoms with van der Waals surface area (Å²) in [6.07, 6.45) is 1.68. The summed E-state index contributed by atoms with van der Waals surface area (Å²) < 4.78 is 0. The van der Waals surface area contributed by atoms with Gasteiger partial charge in [0.05, 0.1) is 5.57 Å². The number of rotatable bonds is 1. The zero-order valence-electron chi connectivity index (χ0n) is 7.16. The van der Waals surface area contributed by atoms with E-state index in [4.69, 9.17) is 5.11 Å². The summed E-state index contributed by atoms with van der Waals surface area (Å²) >= 11 is 0. The van der Waals surface area contributed by atoms with Crippen LogP contribution < -0.4 is 0 Å². The molecule has 2 rings (SSSR count). The van der Waals surface area contributed by atoms with E-state index in [1.54, 1.807) is 6.08 Å². The first-order valence-corrected chi connectivity index (χ1v) is 3.83. The van der Waals surface area contributed by atoms with E-state index in [9.17, 15) is 4.79 Å². The Labute approximate surface area is 76.8 Å². The number of benzene rings is 1. The largest absolute Gasteiger partial charge is 0.478 e. The van der Waals surface area contributed by atoms with Crippen LogP contribution in [0.25, 0.3) is 11.6 Å². The van der Waals surface area contributed by atoms with Gasteiger partial charge in [0.25, 0.3) is 0 Å². The molecule has 0 aromatic heterocycles. The van der Waals surface area contributed by atoms with Gasteiger partial charge >= 0.3 is 5.97 Å². The van der Waals surface area contributed by atoms with E-state index in [1.807, 2.05) is 24.3 Å². The van der Waals surface area contributed by atoms with Gasteiger partial charge in [-0.2, -0.15) is 0 Å². The average molecular weight is 174 g/mol. The highest BCUT2D eigenvalue weighted by atomic mass is 16.4. The maximum atomic E-state index is 10.5. The average Bonchev–Trinajstić information content (AvgIpc) is 2.10. The third-order valence-corrected chi connectivity index (χ3v) is 1.78. The van der Waals surface area contributed by atoms with E-state index in [0.717, 1.165) is 11.1 Å². The van der Waals surface area contributed by atoms with Crippen molar-refractivity contribution in [1.82, 2.24) is 0 Å². The lowest BCUT2D eigenvalue weighted by atomic mass is 9.89. The van der Waals surface area contributed by atoms with E-state index < -0.39 is 5.97 Å². The molecule has 66 valence electrons. The Hall–Kier alpha value is -1.83. The summed E-state index contributed by atoms with van der Waals surface area (Å²) in [4.78, 5) is 10.5.